The summed E-state index contributed by atoms with van der Waals surface area (Å²) in [7, 11) is 1.38. The standard InChI is InChI=1S/C12H14BrNO4/c1-18-7-11(15)14-10(12(16)17)6-8-3-2-4-9(13)5-8/h2-5,10H,6-7H2,1H3,(H,14,15)(H,16,17)/t10-/m1/s1. The van der Waals surface area contributed by atoms with Gasteiger partial charge in [-0.25, -0.2) is 4.79 Å². The van der Waals surface area contributed by atoms with Crippen LogP contribution in [0.15, 0.2) is 28.7 Å². The van der Waals surface area contributed by atoms with E-state index in [2.05, 4.69) is 26.0 Å². The lowest BCUT2D eigenvalue weighted by Crippen LogP contribution is -2.43. The highest BCUT2D eigenvalue weighted by atomic mass is 79.9. The Hall–Kier alpha value is -1.40. The van der Waals surface area contributed by atoms with Crippen LogP contribution in [0.4, 0.5) is 0 Å². The Kier molecular flexibility index (Phi) is 5.80. The molecule has 6 heteroatoms. The Morgan fingerprint density at radius 3 is 2.78 bits per heavy atom. The van der Waals surface area contributed by atoms with Crippen LogP contribution in [0.2, 0.25) is 0 Å². The van der Waals surface area contributed by atoms with Crippen LogP contribution in [-0.2, 0) is 20.7 Å². The van der Waals surface area contributed by atoms with Gasteiger partial charge in [-0.2, -0.15) is 0 Å². The Morgan fingerprint density at radius 2 is 2.22 bits per heavy atom. The molecule has 0 aromatic heterocycles. The minimum atomic E-state index is -1.07. The third kappa shape index (κ3) is 4.85. The highest BCUT2D eigenvalue weighted by molar-refractivity contribution is 9.10. The zero-order valence-corrected chi connectivity index (χ0v) is 11.4. The highest BCUT2D eigenvalue weighted by Gasteiger charge is 2.20. The number of carbonyl (C=O) groups is 2. The van der Waals surface area contributed by atoms with Crippen LogP contribution in [0.25, 0.3) is 0 Å². The fourth-order valence-corrected chi connectivity index (χ4v) is 1.91. The predicted molar refractivity (Wildman–Crippen MR) is 69.3 cm³/mol. The molecule has 1 amide bonds. The van der Waals surface area contributed by atoms with Gasteiger partial charge in [-0.1, -0.05) is 28.1 Å². The van der Waals surface area contributed by atoms with Gasteiger partial charge in [-0.3, -0.25) is 4.79 Å². The average Bonchev–Trinajstić information content (AvgIpc) is 2.28. The number of nitrogens with one attached hydrogen (secondary N) is 1. The predicted octanol–water partition coefficient (Wildman–Crippen LogP) is 1.21. The number of carboxylic acid groups (broad SMARTS) is 1. The second-order valence-electron chi connectivity index (χ2n) is 3.73. The van der Waals surface area contributed by atoms with Crippen LogP contribution in [0, 0.1) is 0 Å². The molecular formula is C12H14BrNO4. The van der Waals surface area contributed by atoms with Crippen molar-refractivity contribution in [2.24, 2.45) is 0 Å². The zero-order chi connectivity index (χ0) is 13.5. The van der Waals surface area contributed by atoms with Gasteiger partial charge in [-0.05, 0) is 17.7 Å². The van der Waals surface area contributed by atoms with Crippen LogP contribution in [0.3, 0.4) is 0 Å². The van der Waals surface area contributed by atoms with Crippen molar-refractivity contribution in [3.05, 3.63) is 34.3 Å². The van der Waals surface area contributed by atoms with Crippen molar-refractivity contribution in [3.8, 4) is 0 Å². The first-order valence-corrected chi connectivity index (χ1v) is 6.07. The maximum Gasteiger partial charge on any atom is 0.326 e. The molecule has 98 valence electrons. The number of carboxylic acids is 1. The zero-order valence-electron chi connectivity index (χ0n) is 9.85. The monoisotopic (exact) mass is 315 g/mol. The van der Waals surface area contributed by atoms with Gasteiger partial charge in [0.2, 0.25) is 5.91 Å². The molecule has 0 spiro atoms. The number of rotatable bonds is 6. The van der Waals surface area contributed by atoms with Crippen LogP contribution in [0.1, 0.15) is 5.56 Å². The van der Waals surface area contributed by atoms with E-state index in [4.69, 9.17) is 5.11 Å². The maximum absolute atomic E-state index is 11.3. The number of aliphatic carboxylic acids is 1. The fraction of sp³-hybridized carbons (Fsp3) is 0.333. The molecule has 0 bridgehead atoms. The smallest absolute Gasteiger partial charge is 0.326 e. The largest absolute Gasteiger partial charge is 0.480 e. The molecule has 0 radical (unpaired) electrons. The summed E-state index contributed by atoms with van der Waals surface area (Å²) in [6.07, 6.45) is 0.226. The number of amides is 1. The molecule has 0 saturated heterocycles. The molecule has 0 aliphatic rings. The average molecular weight is 316 g/mol. The summed E-state index contributed by atoms with van der Waals surface area (Å²) in [5, 5.41) is 11.5. The van der Waals surface area contributed by atoms with Crippen molar-refractivity contribution in [2.45, 2.75) is 12.5 Å². The molecule has 0 heterocycles. The first-order chi connectivity index (χ1) is 8.52. The van der Waals surface area contributed by atoms with Crippen molar-refractivity contribution in [1.82, 2.24) is 5.32 Å². The Balaban J connectivity index is 2.69. The molecule has 0 unspecified atom stereocenters. The molecule has 0 aliphatic heterocycles. The summed E-state index contributed by atoms with van der Waals surface area (Å²) >= 11 is 3.31. The second kappa shape index (κ2) is 7.13. The summed E-state index contributed by atoms with van der Waals surface area (Å²) < 4.78 is 5.51. The molecular weight excluding hydrogens is 302 g/mol. The van der Waals surface area contributed by atoms with E-state index in [-0.39, 0.29) is 13.0 Å². The molecule has 0 aliphatic carbocycles. The van der Waals surface area contributed by atoms with Gasteiger partial charge < -0.3 is 15.2 Å². The van der Waals surface area contributed by atoms with Gasteiger partial charge in [0.05, 0.1) is 0 Å². The molecule has 2 N–H and O–H groups in total. The summed E-state index contributed by atoms with van der Waals surface area (Å²) in [4.78, 5) is 22.4. The minimum absolute atomic E-state index is 0.151. The van der Waals surface area contributed by atoms with Crippen molar-refractivity contribution >= 4 is 27.8 Å². The van der Waals surface area contributed by atoms with Crippen LogP contribution < -0.4 is 5.32 Å². The SMILES string of the molecule is COCC(=O)N[C@H](Cc1cccc(Br)c1)C(=O)O. The lowest BCUT2D eigenvalue weighted by Gasteiger charge is -2.14. The molecule has 5 nitrogen and oxygen atoms in total. The Bertz CT molecular complexity index is 436. The van der Waals surface area contributed by atoms with Gasteiger partial charge in [0.25, 0.3) is 0 Å². The number of hydrogen-bond donors (Lipinski definition) is 2. The van der Waals surface area contributed by atoms with Gasteiger partial charge in [-0.15, -0.1) is 0 Å². The number of benzene rings is 1. The molecule has 1 aromatic rings. The van der Waals surface area contributed by atoms with Gasteiger partial charge in [0, 0.05) is 18.0 Å². The normalized spacial score (nSPS) is 11.9. The molecule has 1 rings (SSSR count). The van der Waals surface area contributed by atoms with E-state index in [0.717, 1.165) is 10.0 Å². The van der Waals surface area contributed by atoms with Gasteiger partial charge >= 0.3 is 5.97 Å². The lowest BCUT2D eigenvalue weighted by atomic mass is 10.1. The summed E-state index contributed by atoms with van der Waals surface area (Å²) in [5.74, 6) is -1.51. The van der Waals surface area contributed by atoms with Crippen molar-refractivity contribution in [2.75, 3.05) is 13.7 Å². The van der Waals surface area contributed by atoms with E-state index < -0.39 is 17.9 Å². The molecule has 1 atom stereocenters. The number of carbonyl (C=O) groups excluding carboxylic acids is 1. The third-order valence-corrected chi connectivity index (χ3v) is 2.73. The van der Waals surface area contributed by atoms with E-state index in [0.29, 0.717) is 0 Å². The second-order valence-corrected chi connectivity index (χ2v) is 4.64. The first-order valence-electron chi connectivity index (χ1n) is 5.28. The lowest BCUT2D eigenvalue weighted by molar-refractivity contribution is -0.142. The van der Waals surface area contributed by atoms with Crippen LogP contribution in [-0.4, -0.2) is 36.7 Å². The highest BCUT2D eigenvalue weighted by Crippen LogP contribution is 2.13. The van der Waals surface area contributed by atoms with E-state index in [9.17, 15) is 9.59 Å². The number of ether oxygens (including phenoxy) is 1. The van der Waals surface area contributed by atoms with Crippen LogP contribution in [0.5, 0.6) is 0 Å². The molecule has 0 saturated carbocycles. The van der Waals surface area contributed by atoms with Gasteiger partial charge in [0.1, 0.15) is 12.6 Å². The van der Waals surface area contributed by atoms with Crippen LogP contribution >= 0.6 is 15.9 Å². The third-order valence-electron chi connectivity index (χ3n) is 2.24. The fourth-order valence-electron chi connectivity index (χ4n) is 1.47. The number of methoxy groups -OCH3 is 1. The van der Waals surface area contributed by atoms with Crippen molar-refractivity contribution < 1.29 is 19.4 Å². The summed E-state index contributed by atoms with van der Waals surface area (Å²) in [6.45, 7) is -0.151. The number of halogens is 1. The van der Waals surface area contributed by atoms with Gasteiger partial charge in [0.15, 0.2) is 0 Å². The molecule has 18 heavy (non-hydrogen) atoms. The number of hydrogen-bond acceptors (Lipinski definition) is 3. The summed E-state index contributed by atoms with van der Waals surface area (Å²) in [5.41, 5.74) is 0.828. The van der Waals surface area contributed by atoms with E-state index in [1.165, 1.54) is 7.11 Å². The van der Waals surface area contributed by atoms with Crippen molar-refractivity contribution in [3.63, 3.8) is 0 Å². The van der Waals surface area contributed by atoms with E-state index in [1.54, 1.807) is 0 Å². The molecule has 0 fully saturated rings. The Morgan fingerprint density at radius 1 is 1.50 bits per heavy atom. The quantitative estimate of drug-likeness (QED) is 0.827. The first kappa shape index (κ1) is 14.7. The minimum Gasteiger partial charge on any atom is -0.480 e. The topological polar surface area (TPSA) is 75.6 Å². The van der Waals surface area contributed by atoms with E-state index in [1.807, 2.05) is 24.3 Å². The van der Waals surface area contributed by atoms with E-state index >= 15 is 0 Å². The Labute approximate surface area is 113 Å². The molecule has 1 aromatic carbocycles. The van der Waals surface area contributed by atoms with Crippen molar-refractivity contribution in [1.29, 1.82) is 0 Å². The summed E-state index contributed by atoms with van der Waals surface area (Å²) in [6, 6.07) is 6.33. The maximum atomic E-state index is 11.3.